The number of nitrogens with zero attached hydrogens (tertiary/aromatic N) is 1. The van der Waals surface area contributed by atoms with Gasteiger partial charge >= 0.3 is 0 Å². The van der Waals surface area contributed by atoms with Crippen LogP contribution in [0.25, 0.3) is 0 Å². The van der Waals surface area contributed by atoms with Crippen LogP contribution in [0.15, 0.2) is 6.20 Å². The van der Waals surface area contributed by atoms with Gasteiger partial charge in [0.1, 0.15) is 5.82 Å². The maximum Gasteiger partial charge on any atom is 0.114 e. The van der Waals surface area contributed by atoms with Crippen molar-refractivity contribution >= 4 is 0 Å². The van der Waals surface area contributed by atoms with Gasteiger partial charge < -0.3 is 10.1 Å². The van der Waals surface area contributed by atoms with E-state index in [0.717, 1.165) is 18.7 Å². The van der Waals surface area contributed by atoms with E-state index in [4.69, 9.17) is 0 Å². The second kappa shape index (κ2) is 3.88. The Morgan fingerprint density at radius 3 is 2.62 bits per heavy atom. The summed E-state index contributed by atoms with van der Waals surface area (Å²) >= 11 is 0. The van der Waals surface area contributed by atoms with Crippen LogP contribution in [-0.4, -0.2) is 21.7 Å². The fraction of sp³-hybridized carbons (Fsp3) is 0.769. The normalized spacial score (nSPS) is 24.6. The number of aromatic nitrogens is 2. The van der Waals surface area contributed by atoms with E-state index in [1.807, 2.05) is 6.20 Å². The average Bonchev–Trinajstić information content (AvgIpc) is 2.86. The number of hydrogen-bond acceptors (Lipinski definition) is 2. The number of aliphatic hydroxyl groups is 1. The molecule has 88 valence electrons. The van der Waals surface area contributed by atoms with E-state index in [1.165, 1.54) is 37.8 Å². The third kappa shape index (κ3) is 1.49. The van der Waals surface area contributed by atoms with Crippen molar-refractivity contribution in [2.45, 2.75) is 56.3 Å². The van der Waals surface area contributed by atoms with Gasteiger partial charge in [0.15, 0.2) is 0 Å². The number of hydrogen-bond donors (Lipinski definition) is 2. The van der Waals surface area contributed by atoms with Gasteiger partial charge in [0.2, 0.25) is 0 Å². The summed E-state index contributed by atoms with van der Waals surface area (Å²) in [4.78, 5) is 7.99. The minimum atomic E-state index is -0.0309. The molecule has 1 aromatic heterocycles. The summed E-state index contributed by atoms with van der Waals surface area (Å²) in [6, 6.07) is 0. The minimum absolute atomic E-state index is 0.0309. The van der Waals surface area contributed by atoms with Gasteiger partial charge in [-0.15, -0.1) is 0 Å². The lowest BCUT2D eigenvalue weighted by atomic mass is 9.69. The number of rotatable bonds is 3. The van der Waals surface area contributed by atoms with E-state index in [1.54, 1.807) is 0 Å². The first-order chi connectivity index (χ1) is 7.84. The van der Waals surface area contributed by atoms with E-state index in [0.29, 0.717) is 5.92 Å². The number of aromatic amines is 1. The van der Waals surface area contributed by atoms with Crippen molar-refractivity contribution in [1.82, 2.24) is 9.97 Å². The number of imidazole rings is 1. The second-order valence-corrected chi connectivity index (χ2v) is 5.46. The Morgan fingerprint density at radius 2 is 2.06 bits per heavy atom. The van der Waals surface area contributed by atoms with Crippen LogP contribution >= 0.6 is 0 Å². The summed E-state index contributed by atoms with van der Waals surface area (Å²) in [6.07, 6.45) is 10.7. The quantitative estimate of drug-likeness (QED) is 0.822. The second-order valence-electron chi connectivity index (χ2n) is 5.46. The van der Waals surface area contributed by atoms with Gasteiger partial charge in [0.25, 0.3) is 0 Å². The van der Waals surface area contributed by atoms with Crippen molar-refractivity contribution in [3.63, 3.8) is 0 Å². The standard InChI is InChI=1S/C13H20N2O/c16-9-13(6-3-7-13)12-14-8-11(15-12)10-4-1-2-5-10/h8,10,16H,1-7,9H2,(H,14,15). The topological polar surface area (TPSA) is 48.9 Å². The van der Waals surface area contributed by atoms with Crippen LogP contribution in [0.3, 0.4) is 0 Å². The molecule has 0 atom stereocenters. The molecule has 0 aromatic carbocycles. The number of H-pyrrole nitrogens is 1. The third-order valence-electron chi connectivity index (χ3n) is 4.51. The molecule has 3 heteroatoms. The van der Waals surface area contributed by atoms with Crippen molar-refractivity contribution in [3.05, 3.63) is 17.7 Å². The Balaban J connectivity index is 1.81. The Hall–Kier alpha value is -0.830. The highest BCUT2D eigenvalue weighted by molar-refractivity contribution is 5.18. The lowest BCUT2D eigenvalue weighted by Crippen LogP contribution is -2.39. The molecule has 2 saturated carbocycles. The smallest absolute Gasteiger partial charge is 0.114 e. The van der Waals surface area contributed by atoms with E-state index >= 15 is 0 Å². The van der Waals surface area contributed by atoms with Crippen LogP contribution in [-0.2, 0) is 5.41 Å². The SMILES string of the molecule is OCC1(c2ncc(C3CCCC3)[nH]2)CCC1. The van der Waals surface area contributed by atoms with E-state index in [2.05, 4.69) is 9.97 Å². The highest BCUT2D eigenvalue weighted by atomic mass is 16.3. The van der Waals surface area contributed by atoms with Crippen molar-refractivity contribution in [2.24, 2.45) is 0 Å². The first-order valence-electron chi connectivity index (χ1n) is 6.50. The molecule has 2 N–H and O–H groups in total. The maximum atomic E-state index is 9.50. The van der Waals surface area contributed by atoms with Crippen LogP contribution in [0.5, 0.6) is 0 Å². The van der Waals surface area contributed by atoms with Gasteiger partial charge in [-0.05, 0) is 25.7 Å². The number of aliphatic hydroxyl groups excluding tert-OH is 1. The number of nitrogens with one attached hydrogen (secondary N) is 1. The molecule has 0 aliphatic heterocycles. The molecule has 0 radical (unpaired) electrons. The van der Waals surface area contributed by atoms with Crippen molar-refractivity contribution in [1.29, 1.82) is 0 Å². The minimum Gasteiger partial charge on any atom is -0.395 e. The summed E-state index contributed by atoms with van der Waals surface area (Å²) in [7, 11) is 0. The molecule has 0 saturated heterocycles. The van der Waals surface area contributed by atoms with Gasteiger partial charge in [0, 0.05) is 17.8 Å². The van der Waals surface area contributed by atoms with E-state index in [9.17, 15) is 5.11 Å². The Kier molecular flexibility index (Phi) is 2.51. The van der Waals surface area contributed by atoms with Crippen LogP contribution in [0.2, 0.25) is 0 Å². The molecule has 3 nitrogen and oxygen atoms in total. The predicted octanol–water partition coefficient (Wildman–Crippen LogP) is 2.48. The van der Waals surface area contributed by atoms with E-state index in [-0.39, 0.29) is 12.0 Å². The van der Waals surface area contributed by atoms with Gasteiger partial charge in [-0.3, -0.25) is 0 Å². The zero-order chi connectivity index (χ0) is 11.0. The summed E-state index contributed by atoms with van der Waals surface area (Å²) in [5, 5.41) is 9.50. The van der Waals surface area contributed by atoms with Gasteiger partial charge in [0.05, 0.1) is 12.0 Å². The molecule has 16 heavy (non-hydrogen) atoms. The van der Waals surface area contributed by atoms with Crippen molar-refractivity contribution in [2.75, 3.05) is 6.61 Å². The first-order valence-corrected chi connectivity index (χ1v) is 6.50. The van der Waals surface area contributed by atoms with Crippen LogP contribution in [0, 0.1) is 0 Å². The zero-order valence-electron chi connectivity index (χ0n) is 9.71. The van der Waals surface area contributed by atoms with Crippen molar-refractivity contribution < 1.29 is 5.11 Å². The summed E-state index contributed by atoms with van der Waals surface area (Å²) in [6.45, 7) is 0.241. The third-order valence-corrected chi connectivity index (χ3v) is 4.51. The highest BCUT2D eigenvalue weighted by Gasteiger charge is 2.41. The molecule has 1 aromatic rings. The monoisotopic (exact) mass is 220 g/mol. The maximum absolute atomic E-state index is 9.50. The largest absolute Gasteiger partial charge is 0.395 e. The molecule has 2 fully saturated rings. The molecule has 0 amide bonds. The van der Waals surface area contributed by atoms with Crippen LogP contribution in [0.1, 0.15) is 62.4 Å². The zero-order valence-corrected chi connectivity index (χ0v) is 9.71. The predicted molar refractivity (Wildman–Crippen MR) is 62.4 cm³/mol. The van der Waals surface area contributed by atoms with E-state index < -0.39 is 0 Å². The molecular formula is C13H20N2O. The molecular weight excluding hydrogens is 200 g/mol. The molecule has 2 aliphatic rings. The summed E-state index contributed by atoms with van der Waals surface area (Å²) in [5.74, 6) is 1.72. The fourth-order valence-corrected chi connectivity index (χ4v) is 3.12. The average molecular weight is 220 g/mol. The van der Waals surface area contributed by atoms with Gasteiger partial charge in [-0.2, -0.15) is 0 Å². The van der Waals surface area contributed by atoms with Gasteiger partial charge in [-0.25, -0.2) is 4.98 Å². The molecule has 0 unspecified atom stereocenters. The lowest BCUT2D eigenvalue weighted by molar-refractivity contribution is 0.113. The first kappa shape index (κ1) is 10.3. The molecule has 0 bridgehead atoms. The molecule has 0 spiro atoms. The Labute approximate surface area is 96.3 Å². The highest BCUT2D eigenvalue weighted by Crippen LogP contribution is 2.42. The Bertz CT molecular complexity index is 356. The van der Waals surface area contributed by atoms with Crippen molar-refractivity contribution in [3.8, 4) is 0 Å². The summed E-state index contributed by atoms with van der Waals surface area (Å²) in [5.41, 5.74) is 1.27. The summed E-state index contributed by atoms with van der Waals surface area (Å²) < 4.78 is 0. The molecule has 1 heterocycles. The van der Waals surface area contributed by atoms with Crippen LogP contribution < -0.4 is 0 Å². The van der Waals surface area contributed by atoms with Gasteiger partial charge in [-0.1, -0.05) is 19.3 Å². The Morgan fingerprint density at radius 1 is 1.31 bits per heavy atom. The fourth-order valence-electron chi connectivity index (χ4n) is 3.12. The molecule has 2 aliphatic carbocycles. The lowest BCUT2D eigenvalue weighted by Gasteiger charge is -2.38. The van der Waals surface area contributed by atoms with Crippen LogP contribution in [0.4, 0.5) is 0 Å². The molecule has 3 rings (SSSR count).